The van der Waals surface area contributed by atoms with Gasteiger partial charge in [0, 0.05) is 10.9 Å². The molecular formula is C14H17ClN2O2S. The Hall–Kier alpha value is -1.46. The molecule has 0 aliphatic heterocycles. The summed E-state index contributed by atoms with van der Waals surface area (Å²) in [6.45, 7) is 4.08. The minimum Gasteiger partial charge on any atom is -0.495 e. The van der Waals surface area contributed by atoms with Crippen LogP contribution in [0.2, 0.25) is 5.02 Å². The van der Waals surface area contributed by atoms with Crippen molar-refractivity contribution in [2.75, 3.05) is 19.5 Å². The number of methoxy groups -OCH3 is 2. The van der Waals surface area contributed by atoms with Crippen molar-refractivity contribution in [1.29, 1.82) is 0 Å². The van der Waals surface area contributed by atoms with Crippen molar-refractivity contribution < 1.29 is 9.47 Å². The topological polar surface area (TPSA) is 43.4 Å². The number of rotatable bonds is 5. The van der Waals surface area contributed by atoms with E-state index in [1.54, 1.807) is 31.6 Å². The number of hydrogen-bond acceptors (Lipinski definition) is 5. The summed E-state index contributed by atoms with van der Waals surface area (Å²) in [4.78, 5) is 5.46. The van der Waals surface area contributed by atoms with Gasteiger partial charge in [-0.3, -0.25) is 0 Å². The zero-order valence-corrected chi connectivity index (χ0v) is 13.4. The van der Waals surface area contributed by atoms with Crippen LogP contribution >= 0.6 is 22.9 Å². The Labute approximate surface area is 127 Å². The van der Waals surface area contributed by atoms with Gasteiger partial charge in [-0.15, -0.1) is 11.3 Å². The Morgan fingerprint density at radius 2 is 1.95 bits per heavy atom. The summed E-state index contributed by atoms with van der Waals surface area (Å²) in [6, 6.07) is 3.71. The Balaban J connectivity index is 2.29. The highest BCUT2D eigenvalue weighted by atomic mass is 35.5. The highest BCUT2D eigenvalue weighted by Crippen LogP contribution is 2.38. The van der Waals surface area contributed by atoms with Crippen LogP contribution in [0.25, 0.3) is 0 Å². The molecule has 0 saturated carbocycles. The first-order valence-electron chi connectivity index (χ1n) is 6.14. The minimum atomic E-state index is 0.126. The van der Waals surface area contributed by atoms with Crippen molar-refractivity contribution in [3.05, 3.63) is 33.2 Å². The van der Waals surface area contributed by atoms with Crippen molar-refractivity contribution in [3.8, 4) is 11.5 Å². The van der Waals surface area contributed by atoms with Gasteiger partial charge in [0.1, 0.15) is 11.5 Å². The predicted octanol–water partition coefficient (Wildman–Crippen LogP) is 4.30. The molecule has 1 unspecified atom stereocenters. The maximum atomic E-state index is 6.17. The summed E-state index contributed by atoms with van der Waals surface area (Å²) < 4.78 is 10.6. The molecule has 0 spiro atoms. The lowest BCUT2D eigenvalue weighted by Gasteiger charge is -2.18. The van der Waals surface area contributed by atoms with E-state index in [0.29, 0.717) is 16.5 Å². The van der Waals surface area contributed by atoms with Gasteiger partial charge >= 0.3 is 0 Å². The first kappa shape index (κ1) is 14.9. The summed E-state index contributed by atoms with van der Waals surface area (Å²) >= 11 is 7.80. The zero-order valence-electron chi connectivity index (χ0n) is 11.9. The van der Waals surface area contributed by atoms with Crippen LogP contribution in [0.1, 0.15) is 23.5 Å². The van der Waals surface area contributed by atoms with Crippen molar-refractivity contribution in [1.82, 2.24) is 4.98 Å². The lowest BCUT2D eigenvalue weighted by atomic mass is 10.2. The molecule has 0 radical (unpaired) electrons. The first-order valence-corrected chi connectivity index (χ1v) is 7.40. The van der Waals surface area contributed by atoms with Crippen molar-refractivity contribution in [2.24, 2.45) is 0 Å². The molecule has 0 saturated heterocycles. The smallest absolute Gasteiger partial charge is 0.145 e. The van der Waals surface area contributed by atoms with Gasteiger partial charge in [0.05, 0.1) is 42.2 Å². The van der Waals surface area contributed by atoms with Gasteiger partial charge in [-0.1, -0.05) is 11.6 Å². The molecule has 2 aromatic rings. The van der Waals surface area contributed by atoms with Crippen LogP contribution in [-0.4, -0.2) is 19.2 Å². The number of benzene rings is 1. The number of anilines is 1. The van der Waals surface area contributed by atoms with E-state index < -0.39 is 0 Å². The van der Waals surface area contributed by atoms with E-state index in [0.717, 1.165) is 11.4 Å². The van der Waals surface area contributed by atoms with Gasteiger partial charge in [-0.2, -0.15) is 0 Å². The fraction of sp³-hybridized carbons (Fsp3) is 0.357. The van der Waals surface area contributed by atoms with Gasteiger partial charge < -0.3 is 14.8 Å². The summed E-state index contributed by atoms with van der Waals surface area (Å²) in [7, 11) is 3.20. The van der Waals surface area contributed by atoms with Crippen molar-refractivity contribution in [2.45, 2.75) is 19.9 Å². The zero-order chi connectivity index (χ0) is 14.7. The van der Waals surface area contributed by atoms with Gasteiger partial charge in [0.15, 0.2) is 0 Å². The Kier molecular flexibility index (Phi) is 4.73. The fourth-order valence-corrected chi connectivity index (χ4v) is 3.05. The molecule has 0 aliphatic carbocycles. The number of aryl methyl sites for hydroxylation is 1. The molecule has 4 nitrogen and oxygen atoms in total. The van der Waals surface area contributed by atoms with Crippen LogP contribution in [0.3, 0.4) is 0 Å². The second kappa shape index (κ2) is 6.33. The van der Waals surface area contributed by atoms with Gasteiger partial charge in [0.2, 0.25) is 0 Å². The molecule has 2 rings (SSSR count). The molecule has 0 bridgehead atoms. The SMILES string of the molecule is COc1cc(OC)c(NC(C)c2scnc2C)cc1Cl. The van der Waals surface area contributed by atoms with E-state index in [1.807, 2.05) is 18.5 Å². The van der Waals surface area contributed by atoms with E-state index in [2.05, 4.69) is 17.2 Å². The monoisotopic (exact) mass is 312 g/mol. The Morgan fingerprint density at radius 1 is 1.25 bits per heavy atom. The van der Waals surface area contributed by atoms with E-state index in [1.165, 1.54) is 4.88 Å². The molecule has 0 amide bonds. The summed E-state index contributed by atoms with van der Waals surface area (Å²) in [5.74, 6) is 1.29. The minimum absolute atomic E-state index is 0.126. The fourth-order valence-electron chi connectivity index (χ4n) is 2.00. The lowest BCUT2D eigenvalue weighted by Crippen LogP contribution is -2.07. The number of aromatic nitrogens is 1. The normalized spacial score (nSPS) is 12.1. The summed E-state index contributed by atoms with van der Waals surface area (Å²) in [5, 5.41) is 3.95. The van der Waals surface area contributed by atoms with E-state index in [4.69, 9.17) is 21.1 Å². The number of ether oxygens (including phenoxy) is 2. The quantitative estimate of drug-likeness (QED) is 0.894. The van der Waals surface area contributed by atoms with Crippen LogP contribution in [0.15, 0.2) is 17.6 Å². The Morgan fingerprint density at radius 3 is 2.50 bits per heavy atom. The first-order chi connectivity index (χ1) is 9.56. The van der Waals surface area contributed by atoms with Gasteiger partial charge in [0.25, 0.3) is 0 Å². The largest absolute Gasteiger partial charge is 0.495 e. The van der Waals surface area contributed by atoms with Crippen LogP contribution in [0, 0.1) is 6.92 Å². The average molecular weight is 313 g/mol. The number of nitrogens with zero attached hydrogens (tertiary/aromatic N) is 1. The number of thiazole rings is 1. The predicted molar refractivity (Wildman–Crippen MR) is 83.4 cm³/mol. The van der Waals surface area contributed by atoms with Gasteiger partial charge in [-0.25, -0.2) is 4.98 Å². The second-order valence-electron chi connectivity index (χ2n) is 4.36. The second-order valence-corrected chi connectivity index (χ2v) is 5.65. The molecule has 6 heteroatoms. The van der Waals surface area contributed by atoms with Crippen molar-refractivity contribution >= 4 is 28.6 Å². The molecule has 1 aromatic heterocycles. The number of nitrogens with one attached hydrogen (secondary N) is 1. The van der Waals surface area contributed by atoms with Crippen molar-refractivity contribution in [3.63, 3.8) is 0 Å². The average Bonchev–Trinajstić information content (AvgIpc) is 2.85. The van der Waals surface area contributed by atoms with Crippen LogP contribution in [0.5, 0.6) is 11.5 Å². The van der Waals surface area contributed by atoms with E-state index >= 15 is 0 Å². The van der Waals surface area contributed by atoms with Crippen LogP contribution in [0.4, 0.5) is 5.69 Å². The molecule has 1 heterocycles. The molecular weight excluding hydrogens is 296 g/mol. The van der Waals surface area contributed by atoms with Crippen LogP contribution in [-0.2, 0) is 0 Å². The molecule has 1 atom stereocenters. The molecule has 1 aromatic carbocycles. The molecule has 20 heavy (non-hydrogen) atoms. The maximum Gasteiger partial charge on any atom is 0.145 e. The molecule has 0 fully saturated rings. The summed E-state index contributed by atoms with van der Waals surface area (Å²) in [5.41, 5.74) is 3.72. The van der Waals surface area contributed by atoms with E-state index in [-0.39, 0.29) is 6.04 Å². The molecule has 1 N–H and O–H groups in total. The highest BCUT2D eigenvalue weighted by Gasteiger charge is 2.15. The molecule has 108 valence electrons. The van der Waals surface area contributed by atoms with Crippen LogP contribution < -0.4 is 14.8 Å². The standard InChI is InChI=1S/C14H17ClN2O2S/c1-8-14(20-7-16-8)9(2)17-11-5-10(15)12(18-3)6-13(11)19-4/h5-7,9,17H,1-4H3. The third-order valence-corrected chi connectivity index (χ3v) is 4.43. The van der Waals surface area contributed by atoms with Gasteiger partial charge in [-0.05, 0) is 19.9 Å². The molecule has 0 aliphatic rings. The third-order valence-electron chi connectivity index (χ3n) is 3.02. The number of hydrogen-bond donors (Lipinski definition) is 1. The Bertz CT molecular complexity index is 601. The number of halogens is 1. The lowest BCUT2D eigenvalue weighted by molar-refractivity contribution is 0.395. The maximum absolute atomic E-state index is 6.17. The van der Waals surface area contributed by atoms with E-state index in [9.17, 15) is 0 Å². The highest BCUT2D eigenvalue weighted by molar-refractivity contribution is 7.09. The third kappa shape index (κ3) is 2.99. The summed E-state index contributed by atoms with van der Waals surface area (Å²) in [6.07, 6.45) is 0.